The number of aromatic nitrogens is 2. The Kier molecular flexibility index (Phi) is 7.54. The van der Waals surface area contributed by atoms with E-state index in [4.69, 9.17) is 30.8 Å². The van der Waals surface area contributed by atoms with E-state index in [1.165, 1.54) is 0 Å². The first-order valence-electron chi connectivity index (χ1n) is 17.5. The van der Waals surface area contributed by atoms with Gasteiger partial charge in [-0.1, -0.05) is 29.8 Å². The number of imidazole rings is 1. The molecule has 1 spiro atoms. The summed E-state index contributed by atoms with van der Waals surface area (Å²) in [6, 6.07) is 10.1. The number of amides is 1. The van der Waals surface area contributed by atoms with Crippen LogP contribution in [0.25, 0.3) is 22.2 Å². The zero-order valence-electron chi connectivity index (χ0n) is 28.7. The fourth-order valence-corrected chi connectivity index (χ4v) is 9.38. The van der Waals surface area contributed by atoms with Crippen LogP contribution in [-0.4, -0.2) is 89.8 Å². The molecule has 51 heavy (non-hydrogen) atoms. The summed E-state index contributed by atoms with van der Waals surface area (Å²) < 4.78 is 35.4. The van der Waals surface area contributed by atoms with Crippen molar-refractivity contribution in [2.75, 3.05) is 49.9 Å². The minimum atomic E-state index is -1.18. The predicted octanol–water partition coefficient (Wildman–Crippen LogP) is 6.01. The molecule has 3 saturated heterocycles. The van der Waals surface area contributed by atoms with Crippen LogP contribution >= 0.6 is 11.6 Å². The molecule has 4 aliphatic heterocycles. The zero-order chi connectivity index (χ0) is 35.3. The number of morpholine rings is 1. The van der Waals surface area contributed by atoms with Crippen molar-refractivity contribution in [1.29, 1.82) is 0 Å². The summed E-state index contributed by atoms with van der Waals surface area (Å²) in [6.45, 7) is 4.85. The Labute approximate surface area is 299 Å². The van der Waals surface area contributed by atoms with Crippen LogP contribution in [0, 0.1) is 18.2 Å². The number of carbonyl (C=O) groups is 2. The van der Waals surface area contributed by atoms with E-state index in [-0.39, 0.29) is 47.8 Å². The fraction of sp³-hybridized carbons (Fsp3) is 0.447. The third kappa shape index (κ3) is 5.01. The molecule has 2 atom stereocenters. The number of aromatic carboxylic acids is 1. The molecule has 13 heteroatoms. The van der Waals surface area contributed by atoms with Gasteiger partial charge in [-0.05, 0) is 50.8 Å². The van der Waals surface area contributed by atoms with E-state index in [0.717, 1.165) is 61.9 Å². The molecule has 1 aromatic heterocycles. The molecule has 4 fully saturated rings. The number of para-hydroxylation sites is 1. The first kappa shape index (κ1) is 32.5. The molecule has 2 bridgehead atoms. The number of carboxylic acids is 1. The average molecular weight is 716 g/mol. The number of halogens is 2. The van der Waals surface area contributed by atoms with E-state index >= 15 is 4.39 Å². The number of hydrogen-bond acceptors (Lipinski definition) is 8. The number of aryl methyl sites for hydroxylation is 2. The molecule has 11 nitrogen and oxygen atoms in total. The molecule has 1 aliphatic carbocycles. The summed E-state index contributed by atoms with van der Waals surface area (Å²) in [5, 5.41) is 10.4. The number of benzene rings is 3. The molecule has 9 rings (SSSR count). The smallest absolute Gasteiger partial charge is 0.337 e. The maximum atomic E-state index is 15.8. The SMILES string of the molecule is COC1CC2(C1)CN(c1cc(Cl)c(C(=O)N3COc4c(cccc4-c4cc(N5C6CCC5COC6)c(C(=O)O)cc4F)C3)c3nc(C)n(C)c13)C2. The summed E-state index contributed by atoms with van der Waals surface area (Å²) in [5.74, 6) is -0.923. The third-order valence-electron chi connectivity index (χ3n) is 11.8. The zero-order valence-corrected chi connectivity index (χ0v) is 29.5. The molecule has 1 N–H and O–H groups in total. The summed E-state index contributed by atoms with van der Waals surface area (Å²) in [4.78, 5) is 37.4. The lowest BCUT2D eigenvalue weighted by molar-refractivity contribution is -0.0730. The molecule has 0 radical (unpaired) electrons. The van der Waals surface area contributed by atoms with Crippen LogP contribution in [0.5, 0.6) is 5.75 Å². The Morgan fingerprint density at radius 1 is 1.08 bits per heavy atom. The Morgan fingerprint density at radius 2 is 1.82 bits per heavy atom. The summed E-state index contributed by atoms with van der Waals surface area (Å²) in [5.41, 5.74) is 4.81. The summed E-state index contributed by atoms with van der Waals surface area (Å²) in [7, 11) is 3.72. The predicted molar refractivity (Wildman–Crippen MR) is 189 cm³/mol. The molecule has 5 heterocycles. The lowest BCUT2D eigenvalue weighted by Gasteiger charge is -2.59. The van der Waals surface area contributed by atoms with Gasteiger partial charge in [0.1, 0.15) is 22.9 Å². The first-order chi connectivity index (χ1) is 24.6. The number of nitrogens with zero attached hydrogens (tertiary/aromatic N) is 5. The highest BCUT2D eigenvalue weighted by atomic mass is 35.5. The van der Waals surface area contributed by atoms with Gasteiger partial charge >= 0.3 is 5.97 Å². The molecule has 4 aromatic rings. The van der Waals surface area contributed by atoms with Crippen molar-refractivity contribution in [2.45, 2.75) is 57.3 Å². The van der Waals surface area contributed by atoms with E-state index in [2.05, 4.69) is 9.80 Å². The molecule has 1 saturated carbocycles. The topological polar surface area (TPSA) is 110 Å². The lowest BCUT2D eigenvalue weighted by Crippen LogP contribution is -2.64. The molecular formula is C38H39ClFN5O6. The van der Waals surface area contributed by atoms with Gasteiger partial charge in [-0.15, -0.1) is 0 Å². The highest BCUT2D eigenvalue weighted by Crippen LogP contribution is 2.52. The van der Waals surface area contributed by atoms with Gasteiger partial charge in [0.25, 0.3) is 5.91 Å². The van der Waals surface area contributed by atoms with Crippen molar-refractivity contribution >= 4 is 45.9 Å². The largest absolute Gasteiger partial charge is 0.478 e. The quantitative estimate of drug-likeness (QED) is 0.257. The third-order valence-corrected chi connectivity index (χ3v) is 12.1. The van der Waals surface area contributed by atoms with Crippen molar-refractivity contribution in [3.8, 4) is 16.9 Å². The number of methoxy groups -OCH3 is 1. The average Bonchev–Trinajstić information content (AvgIpc) is 3.51. The van der Waals surface area contributed by atoms with Gasteiger partial charge < -0.3 is 38.6 Å². The molecular weight excluding hydrogens is 677 g/mol. The van der Waals surface area contributed by atoms with Gasteiger partial charge in [0.2, 0.25) is 0 Å². The minimum Gasteiger partial charge on any atom is -0.478 e. The highest BCUT2D eigenvalue weighted by Gasteiger charge is 2.53. The van der Waals surface area contributed by atoms with Crippen LogP contribution in [0.2, 0.25) is 5.02 Å². The summed E-state index contributed by atoms with van der Waals surface area (Å²) in [6.07, 6.45) is 4.19. The maximum Gasteiger partial charge on any atom is 0.337 e. The lowest BCUT2D eigenvalue weighted by atomic mass is 9.61. The Bertz CT molecular complexity index is 2110. The van der Waals surface area contributed by atoms with E-state index in [1.54, 1.807) is 30.2 Å². The number of rotatable bonds is 6. The van der Waals surface area contributed by atoms with E-state index in [0.29, 0.717) is 58.0 Å². The fourth-order valence-electron chi connectivity index (χ4n) is 9.11. The first-order valence-corrected chi connectivity index (χ1v) is 17.8. The highest BCUT2D eigenvalue weighted by molar-refractivity contribution is 6.36. The van der Waals surface area contributed by atoms with Crippen LogP contribution in [0.15, 0.2) is 36.4 Å². The van der Waals surface area contributed by atoms with Crippen molar-refractivity contribution < 1.29 is 33.3 Å². The number of hydrogen-bond donors (Lipinski definition) is 1. The van der Waals surface area contributed by atoms with Crippen LogP contribution in [0.4, 0.5) is 15.8 Å². The van der Waals surface area contributed by atoms with Crippen molar-refractivity contribution in [3.63, 3.8) is 0 Å². The van der Waals surface area contributed by atoms with E-state index in [1.807, 2.05) is 30.7 Å². The van der Waals surface area contributed by atoms with Gasteiger partial charge in [0.05, 0.1) is 71.0 Å². The number of anilines is 2. The van der Waals surface area contributed by atoms with Crippen molar-refractivity contribution in [3.05, 3.63) is 69.8 Å². The molecule has 266 valence electrons. The van der Waals surface area contributed by atoms with Crippen LogP contribution in [0.3, 0.4) is 0 Å². The van der Waals surface area contributed by atoms with E-state index in [9.17, 15) is 14.7 Å². The van der Waals surface area contributed by atoms with E-state index < -0.39 is 11.8 Å². The Morgan fingerprint density at radius 3 is 2.53 bits per heavy atom. The Balaban J connectivity index is 1.03. The van der Waals surface area contributed by atoms with Crippen molar-refractivity contribution in [1.82, 2.24) is 14.5 Å². The van der Waals surface area contributed by atoms with Gasteiger partial charge in [-0.3, -0.25) is 4.79 Å². The number of carbonyl (C=O) groups excluding carboxylic acids is 1. The second kappa shape index (κ2) is 11.8. The normalized spacial score (nSPS) is 22.2. The standard InChI is InChI=1S/C38H39ClFN5O6/c1-20-41-33-32(28(39)11-31(34(33)42(20)2)44-17-38(18-44)12-24(13-38)49-3)36(46)43-14-21-5-4-6-25(35(21)51-19-43)26-10-30(27(37(47)48)9-29(26)40)45-22-7-8-23(45)16-50-15-22/h4-6,9-11,22-24H,7-8,12-19H2,1-3H3,(H,47,48). The minimum absolute atomic E-state index is 0.0323. The van der Waals surface area contributed by atoms with Crippen molar-refractivity contribution in [2.24, 2.45) is 12.5 Å². The monoisotopic (exact) mass is 715 g/mol. The van der Waals surface area contributed by atoms with Gasteiger partial charge in [0, 0.05) is 49.4 Å². The molecule has 5 aliphatic rings. The van der Waals surface area contributed by atoms with Crippen LogP contribution in [0.1, 0.15) is 57.8 Å². The van der Waals surface area contributed by atoms with Crippen LogP contribution < -0.4 is 14.5 Å². The Hall–Kier alpha value is -4.39. The summed E-state index contributed by atoms with van der Waals surface area (Å²) >= 11 is 6.96. The number of ether oxygens (including phenoxy) is 3. The molecule has 3 aromatic carbocycles. The second-order valence-electron chi connectivity index (χ2n) is 14.8. The van der Waals surface area contributed by atoms with Gasteiger partial charge in [0.15, 0.2) is 6.73 Å². The second-order valence-corrected chi connectivity index (χ2v) is 15.3. The maximum absolute atomic E-state index is 15.8. The van der Waals surface area contributed by atoms with Crippen LogP contribution in [-0.2, 0) is 23.1 Å². The molecule has 2 unspecified atom stereocenters. The number of carboxylic acid groups (broad SMARTS) is 1. The van der Waals surface area contributed by atoms with Gasteiger partial charge in [-0.25, -0.2) is 14.2 Å². The molecule has 1 amide bonds. The van der Waals surface area contributed by atoms with Gasteiger partial charge in [-0.2, -0.15) is 0 Å². The number of fused-ring (bicyclic) bond motifs is 4.